The number of pyridine rings is 1. The molecule has 0 saturated heterocycles. The van der Waals surface area contributed by atoms with Crippen LogP contribution >= 0.6 is 0 Å². The SMILES string of the molecule is Cc1cc(C=CCCN)c2ccccc2n1. The van der Waals surface area contributed by atoms with E-state index in [1.54, 1.807) is 0 Å². The van der Waals surface area contributed by atoms with E-state index in [2.05, 4.69) is 29.3 Å². The molecule has 2 N–H and O–H groups in total. The molecule has 1 heterocycles. The van der Waals surface area contributed by atoms with Crippen molar-refractivity contribution in [2.75, 3.05) is 6.54 Å². The normalized spacial score (nSPS) is 11.4. The van der Waals surface area contributed by atoms with E-state index in [1.165, 1.54) is 10.9 Å². The Morgan fingerprint density at radius 3 is 2.94 bits per heavy atom. The smallest absolute Gasteiger partial charge is 0.0711 e. The van der Waals surface area contributed by atoms with Crippen molar-refractivity contribution >= 4 is 17.0 Å². The van der Waals surface area contributed by atoms with Crippen LogP contribution in [0.1, 0.15) is 17.7 Å². The Morgan fingerprint density at radius 2 is 2.12 bits per heavy atom. The Labute approximate surface area is 95.8 Å². The van der Waals surface area contributed by atoms with Crippen molar-refractivity contribution in [3.8, 4) is 0 Å². The molecule has 0 amide bonds. The van der Waals surface area contributed by atoms with E-state index in [0.29, 0.717) is 6.54 Å². The molecule has 2 nitrogen and oxygen atoms in total. The summed E-state index contributed by atoms with van der Waals surface area (Å²) >= 11 is 0. The molecule has 2 rings (SSSR count). The molecule has 0 aliphatic heterocycles. The maximum atomic E-state index is 5.47. The van der Waals surface area contributed by atoms with Gasteiger partial charge in [-0.15, -0.1) is 0 Å². The van der Waals surface area contributed by atoms with Crippen molar-refractivity contribution in [2.45, 2.75) is 13.3 Å². The van der Waals surface area contributed by atoms with Crippen LogP contribution in [-0.4, -0.2) is 11.5 Å². The Hall–Kier alpha value is -1.67. The van der Waals surface area contributed by atoms with E-state index in [0.717, 1.165) is 17.6 Å². The van der Waals surface area contributed by atoms with Crippen molar-refractivity contribution < 1.29 is 0 Å². The summed E-state index contributed by atoms with van der Waals surface area (Å²) < 4.78 is 0. The first kappa shape index (κ1) is 10.8. The third-order valence-corrected chi connectivity index (χ3v) is 2.51. The summed E-state index contributed by atoms with van der Waals surface area (Å²) in [5.74, 6) is 0. The van der Waals surface area contributed by atoms with Gasteiger partial charge in [-0.05, 0) is 37.6 Å². The Kier molecular flexibility index (Phi) is 3.32. The molecule has 0 radical (unpaired) electrons. The second-order valence-corrected chi connectivity index (χ2v) is 3.85. The van der Waals surface area contributed by atoms with Gasteiger partial charge in [0.1, 0.15) is 0 Å². The molecule has 0 fully saturated rings. The van der Waals surface area contributed by atoms with Crippen LogP contribution in [0.5, 0.6) is 0 Å². The largest absolute Gasteiger partial charge is 0.330 e. The van der Waals surface area contributed by atoms with Gasteiger partial charge in [-0.25, -0.2) is 0 Å². The highest BCUT2D eigenvalue weighted by atomic mass is 14.7. The van der Waals surface area contributed by atoms with Crippen LogP contribution in [0.15, 0.2) is 36.4 Å². The predicted molar refractivity (Wildman–Crippen MR) is 69.2 cm³/mol. The summed E-state index contributed by atoms with van der Waals surface area (Å²) in [6.07, 6.45) is 5.15. The minimum absolute atomic E-state index is 0.693. The van der Waals surface area contributed by atoms with E-state index >= 15 is 0 Å². The highest BCUT2D eigenvalue weighted by molar-refractivity contribution is 5.87. The van der Waals surface area contributed by atoms with Gasteiger partial charge in [0, 0.05) is 11.1 Å². The third-order valence-electron chi connectivity index (χ3n) is 2.51. The number of hydrogen-bond donors (Lipinski definition) is 1. The van der Waals surface area contributed by atoms with Gasteiger partial charge in [0.2, 0.25) is 0 Å². The molecule has 0 aliphatic rings. The molecule has 0 bridgehead atoms. The highest BCUT2D eigenvalue weighted by Gasteiger charge is 1.99. The minimum atomic E-state index is 0.693. The average Bonchev–Trinajstić information content (AvgIpc) is 2.29. The number of rotatable bonds is 3. The summed E-state index contributed by atoms with van der Waals surface area (Å²) in [5.41, 5.74) is 8.79. The number of fused-ring (bicyclic) bond motifs is 1. The van der Waals surface area contributed by atoms with Crippen LogP contribution in [0.3, 0.4) is 0 Å². The fourth-order valence-corrected chi connectivity index (χ4v) is 1.78. The lowest BCUT2D eigenvalue weighted by Gasteiger charge is -2.03. The number of nitrogens with zero attached hydrogens (tertiary/aromatic N) is 1. The van der Waals surface area contributed by atoms with Gasteiger partial charge in [-0.3, -0.25) is 4.98 Å². The van der Waals surface area contributed by atoms with Crippen molar-refractivity contribution in [1.82, 2.24) is 4.98 Å². The van der Waals surface area contributed by atoms with Crippen LogP contribution in [-0.2, 0) is 0 Å². The summed E-state index contributed by atoms with van der Waals surface area (Å²) in [7, 11) is 0. The van der Waals surface area contributed by atoms with Crippen LogP contribution in [0, 0.1) is 6.92 Å². The van der Waals surface area contributed by atoms with Crippen molar-refractivity contribution in [3.05, 3.63) is 47.7 Å². The zero-order chi connectivity index (χ0) is 11.4. The molecule has 1 aromatic heterocycles. The van der Waals surface area contributed by atoms with E-state index in [4.69, 9.17) is 5.73 Å². The van der Waals surface area contributed by atoms with Crippen LogP contribution < -0.4 is 5.73 Å². The van der Waals surface area contributed by atoms with Crippen LogP contribution in [0.25, 0.3) is 17.0 Å². The fraction of sp³-hybridized carbons (Fsp3) is 0.214. The van der Waals surface area contributed by atoms with Crippen molar-refractivity contribution in [2.24, 2.45) is 5.73 Å². The summed E-state index contributed by atoms with van der Waals surface area (Å²) in [6, 6.07) is 10.3. The van der Waals surface area contributed by atoms with Crippen LogP contribution in [0.4, 0.5) is 0 Å². The van der Waals surface area contributed by atoms with E-state index in [-0.39, 0.29) is 0 Å². The topological polar surface area (TPSA) is 38.9 Å². The molecule has 0 atom stereocenters. The van der Waals surface area contributed by atoms with Gasteiger partial charge >= 0.3 is 0 Å². The standard InChI is InChI=1S/C14H16N2/c1-11-10-12(6-4-5-9-15)13-7-2-3-8-14(13)16-11/h2-4,6-8,10H,5,9,15H2,1H3. The predicted octanol–water partition coefficient (Wildman–Crippen LogP) is 2.91. The molecular formula is C14H16N2. The number of para-hydroxylation sites is 1. The van der Waals surface area contributed by atoms with Gasteiger partial charge in [0.15, 0.2) is 0 Å². The zero-order valence-electron chi connectivity index (χ0n) is 9.48. The van der Waals surface area contributed by atoms with Crippen molar-refractivity contribution in [1.29, 1.82) is 0 Å². The Bertz CT molecular complexity index is 515. The summed E-state index contributed by atoms with van der Waals surface area (Å²) in [4.78, 5) is 4.51. The maximum Gasteiger partial charge on any atom is 0.0711 e. The Balaban J connectivity index is 2.50. The fourth-order valence-electron chi connectivity index (χ4n) is 1.78. The molecule has 2 aromatic rings. The summed E-state index contributed by atoms with van der Waals surface area (Å²) in [6.45, 7) is 2.71. The molecule has 0 spiro atoms. The molecule has 0 unspecified atom stereocenters. The second-order valence-electron chi connectivity index (χ2n) is 3.85. The first-order valence-corrected chi connectivity index (χ1v) is 5.54. The lowest BCUT2D eigenvalue weighted by atomic mass is 10.1. The van der Waals surface area contributed by atoms with E-state index < -0.39 is 0 Å². The monoisotopic (exact) mass is 212 g/mol. The zero-order valence-corrected chi connectivity index (χ0v) is 9.48. The average molecular weight is 212 g/mol. The molecular weight excluding hydrogens is 196 g/mol. The van der Waals surface area contributed by atoms with Crippen molar-refractivity contribution in [3.63, 3.8) is 0 Å². The van der Waals surface area contributed by atoms with E-state index in [1.807, 2.05) is 25.1 Å². The quantitative estimate of drug-likeness (QED) is 0.849. The first-order chi connectivity index (χ1) is 7.81. The second kappa shape index (κ2) is 4.90. The number of benzene rings is 1. The molecule has 0 saturated carbocycles. The lowest BCUT2D eigenvalue weighted by molar-refractivity contribution is 1.01. The van der Waals surface area contributed by atoms with E-state index in [9.17, 15) is 0 Å². The molecule has 0 aliphatic carbocycles. The Morgan fingerprint density at radius 1 is 1.31 bits per heavy atom. The number of hydrogen-bond acceptors (Lipinski definition) is 2. The van der Waals surface area contributed by atoms with Gasteiger partial charge in [0.05, 0.1) is 5.52 Å². The highest BCUT2D eigenvalue weighted by Crippen LogP contribution is 2.19. The van der Waals surface area contributed by atoms with Crippen LogP contribution in [0.2, 0.25) is 0 Å². The molecule has 82 valence electrons. The molecule has 1 aromatic carbocycles. The minimum Gasteiger partial charge on any atom is -0.330 e. The molecule has 2 heteroatoms. The lowest BCUT2D eigenvalue weighted by Crippen LogP contribution is -1.95. The van der Waals surface area contributed by atoms with Gasteiger partial charge < -0.3 is 5.73 Å². The number of nitrogens with two attached hydrogens (primary N) is 1. The number of aryl methyl sites for hydroxylation is 1. The van der Waals surface area contributed by atoms with Gasteiger partial charge in [-0.1, -0.05) is 30.4 Å². The van der Waals surface area contributed by atoms with Gasteiger partial charge in [0.25, 0.3) is 0 Å². The summed E-state index contributed by atoms with van der Waals surface area (Å²) in [5, 5.41) is 1.20. The maximum absolute atomic E-state index is 5.47. The molecule has 16 heavy (non-hydrogen) atoms. The number of aromatic nitrogens is 1. The van der Waals surface area contributed by atoms with Gasteiger partial charge in [-0.2, -0.15) is 0 Å². The third kappa shape index (κ3) is 2.28. The first-order valence-electron chi connectivity index (χ1n) is 5.54.